The molecule has 0 aliphatic heterocycles. The van der Waals surface area contributed by atoms with E-state index < -0.39 is 0 Å². The first-order valence-corrected chi connectivity index (χ1v) is 4.62. The van der Waals surface area contributed by atoms with Crippen LogP contribution in [0.1, 0.15) is 17.3 Å². The molecule has 0 fully saturated rings. The van der Waals surface area contributed by atoms with Crippen molar-refractivity contribution in [2.24, 2.45) is 0 Å². The fourth-order valence-electron chi connectivity index (χ4n) is 1.57. The van der Waals surface area contributed by atoms with Gasteiger partial charge in [-0.05, 0) is 12.6 Å². The molecular formula is C11H13N3. The fraction of sp³-hybridized carbons (Fsp3) is 0.182. The molecule has 1 atom stereocenters. The topological polar surface area (TPSA) is 40.7 Å². The molecule has 1 aromatic carbocycles. The molecule has 0 spiro atoms. The molecule has 0 aliphatic carbocycles. The van der Waals surface area contributed by atoms with E-state index >= 15 is 0 Å². The van der Waals surface area contributed by atoms with Gasteiger partial charge in [0.25, 0.3) is 0 Å². The van der Waals surface area contributed by atoms with Crippen LogP contribution in [0.2, 0.25) is 0 Å². The number of aromatic nitrogens is 2. The molecule has 2 aromatic rings. The van der Waals surface area contributed by atoms with E-state index in [1.165, 1.54) is 5.56 Å². The molecule has 1 aromatic heterocycles. The van der Waals surface area contributed by atoms with Crippen molar-refractivity contribution < 1.29 is 0 Å². The number of benzene rings is 1. The summed E-state index contributed by atoms with van der Waals surface area (Å²) in [6.45, 7) is 0. The highest BCUT2D eigenvalue weighted by atomic mass is 14.9. The predicted octanol–water partition coefficient (Wildman–Crippen LogP) is 1.72. The number of hydrogen-bond donors (Lipinski definition) is 2. The van der Waals surface area contributed by atoms with Crippen LogP contribution in [0.25, 0.3) is 0 Å². The largest absolute Gasteiger partial charge is 0.347 e. The molecule has 0 bridgehead atoms. The maximum atomic E-state index is 4.02. The van der Waals surface area contributed by atoms with Gasteiger partial charge in [-0.2, -0.15) is 0 Å². The van der Waals surface area contributed by atoms with Crippen LogP contribution in [0.5, 0.6) is 0 Å². The maximum Gasteiger partial charge on any atom is 0.0922 e. The number of nitrogens with one attached hydrogen (secondary N) is 2. The van der Waals surface area contributed by atoms with Crippen LogP contribution in [-0.4, -0.2) is 17.0 Å². The average molecular weight is 187 g/mol. The van der Waals surface area contributed by atoms with E-state index in [-0.39, 0.29) is 6.04 Å². The average Bonchev–Trinajstić information content (AvgIpc) is 2.74. The quantitative estimate of drug-likeness (QED) is 0.768. The lowest BCUT2D eigenvalue weighted by Crippen LogP contribution is -2.17. The highest BCUT2D eigenvalue weighted by Crippen LogP contribution is 2.18. The smallest absolute Gasteiger partial charge is 0.0922 e. The Kier molecular flexibility index (Phi) is 2.60. The Labute approximate surface area is 83.2 Å². The van der Waals surface area contributed by atoms with Gasteiger partial charge in [0.2, 0.25) is 0 Å². The van der Waals surface area contributed by atoms with Crippen LogP contribution >= 0.6 is 0 Å². The summed E-state index contributed by atoms with van der Waals surface area (Å²) in [4.78, 5) is 7.13. The molecule has 1 heterocycles. The lowest BCUT2D eigenvalue weighted by Gasteiger charge is -2.14. The van der Waals surface area contributed by atoms with Crippen LogP contribution in [-0.2, 0) is 0 Å². The van der Waals surface area contributed by atoms with Crippen LogP contribution in [0.15, 0.2) is 42.9 Å². The zero-order valence-electron chi connectivity index (χ0n) is 8.07. The predicted molar refractivity (Wildman–Crippen MR) is 55.9 cm³/mol. The van der Waals surface area contributed by atoms with Gasteiger partial charge >= 0.3 is 0 Å². The Morgan fingerprint density at radius 1 is 1.29 bits per heavy atom. The molecule has 2 rings (SSSR count). The van der Waals surface area contributed by atoms with E-state index in [1.54, 1.807) is 6.33 Å². The van der Waals surface area contributed by atoms with Gasteiger partial charge in [-0.15, -0.1) is 0 Å². The number of nitrogens with zero attached hydrogens (tertiary/aromatic N) is 1. The second kappa shape index (κ2) is 4.07. The summed E-state index contributed by atoms with van der Waals surface area (Å²) in [5.74, 6) is 0. The number of H-pyrrole nitrogens is 1. The lowest BCUT2D eigenvalue weighted by molar-refractivity contribution is 0.675. The van der Waals surface area contributed by atoms with Crippen molar-refractivity contribution in [2.45, 2.75) is 6.04 Å². The van der Waals surface area contributed by atoms with E-state index in [0.717, 1.165) is 5.69 Å². The molecule has 3 nitrogen and oxygen atoms in total. The Morgan fingerprint density at radius 2 is 2.07 bits per heavy atom. The van der Waals surface area contributed by atoms with Gasteiger partial charge < -0.3 is 10.3 Å². The molecule has 3 heteroatoms. The van der Waals surface area contributed by atoms with E-state index in [1.807, 2.05) is 31.4 Å². The minimum atomic E-state index is 0.193. The Bertz CT molecular complexity index is 367. The first-order chi connectivity index (χ1) is 6.92. The Hall–Kier alpha value is -1.61. The number of aromatic amines is 1. The number of rotatable bonds is 3. The summed E-state index contributed by atoms with van der Waals surface area (Å²) in [6, 6.07) is 10.5. The van der Waals surface area contributed by atoms with Crippen LogP contribution < -0.4 is 5.32 Å². The zero-order chi connectivity index (χ0) is 9.80. The van der Waals surface area contributed by atoms with Gasteiger partial charge in [0, 0.05) is 6.20 Å². The van der Waals surface area contributed by atoms with Gasteiger partial charge in [-0.25, -0.2) is 4.98 Å². The third-order valence-corrected chi connectivity index (χ3v) is 2.25. The summed E-state index contributed by atoms with van der Waals surface area (Å²) in [5.41, 5.74) is 2.32. The first kappa shape index (κ1) is 8.97. The standard InChI is InChI=1S/C11H13N3/c1-12-11(10-7-13-8-14-10)9-5-3-2-4-6-9/h2-8,11-12H,1H3,(H,13,14). The van der Waals surface area contributed by atoms with Crippen LogP contribution in [0, 0.1) is 0 Å². The summed E-state index contributed by atoms with van der Waals surface area (Å²) < 4.78 is 0. The van der Waals surface area contributed by atoms with Crippen LogP contribution in [0.4, 0.5) is 0 Å². The monoisotopic (exact) mass is 187 g/mol. The minimum Gasteiger partial charge on any atom is -0.347 e. The van der Waals surface area contributed by atoms with Crippen molar-refractivity contribution in [1.82, 2.24) is 15.3 Å². The zero-order valence-corrected chi connectivity index (χ0v) is 8.07. The Morgan fingerprint density at radius 3 is 2.64 bits per heavy atom. The van der Waals surface area contributed by atoms with E-state index in [4.69, 9.17) is 0 Å². The highest BCUT2D eigenvalue weighted by molar-refractivity contribution is 5.26. The normalized spacial score (nSPS) is 12.6. The molecule has 0 saturated heterocycles. The van der Waals surface area contributed by atoms with Crippen molar-refractivity contribution in [3.8, 4) is 0 Å². The number of hydrogen-bond acceptors (Lipinski definition) is 2. The first-order valence-electron chi connectivity index (χ1n) is 4.62. The molecule has 1 unspecified atom stereocenters. The van der Waals surface area contributed by atoms with Gasteiger partial charge in [0.1, 0.15) is 0 Å². The second-order valence-electron chi connectivity index (χ2n) is 3.14. The third kappa shape index (κ3) is 1.67. The highest BCUT2D eigenvalue weighted by Gasteiger charge is 2.11. The minimum absolute atomic E-state index is 0.193. The van der Waals surface area contributed by atoms with Gasteiger partial charge in [-0.3, -0.25) is 0 Å². The molecule has 0 aliphatic rings. The van der Waals surface area contributed by atoms with Crippen molar-refractivity contribution in [1.29, 1.82) is 0 Å². The molecule has 2 N–H and O–H groups in total. The summed E-state index contributed by atoms with van der Waals surface area (Å²) >= 11 is 0. The molecular weight excluding hydrogens is 174 g/mol. The van der Waals surface area contributed by atoms with Gasteiger partial charge in [0.05, 0.1) is 18.1 Å². The lowest BCUT2D eigenvalue weighted by atomic mass is 10.1. The molecule has 0 radical (unpaired) electrons. The van der Waals surface area contributed by atoms with Crippen molar-refractivity contribution >= 4 is 0 Å². The molecule has 14 heavy (non-hydrogen) atoms. The van der Waals surface area contributed by atoms with Crippen LogP contribution in [0.3, 0.4) is 0 Å². The van der Waals surface area contributed by atoms with Gasteiger partial charge in [0.15, 0.2) is 0 Å². The molecule has 0 saturated carbocycles. The fourth-order valence-corrected chi connectivity index (χ4v) is 1.57. The third-order valence-electron chi connectivity index (χ3n) is 2.25. The van der Waals surface area contributed by atoms with E-state index in [2.05, 4.69) is 27.4 Å². The maximum absolute atomic E-state index is 4.02. The van der Waals surface area contributed by atoms with Crippen molar-refractivity contribution in [3.63, 3.8) is 0 Å². The molecule has 72 valence electrons. The van der Waals surface area contributed by atoms with Crippen molar-refractivity contribution in [3.05, 3.63) is 54.1 Å². The summed E-state index contributed by atoms with van der Waals surface area (Å²) in [6.07, 6.45) is 3.54. The summed E-state index contributed by atoms with van der Waals surface area (Å²) in [7, 11) is 1.94. The second-order valence-corrected chi connectivity index (χ2v) is 3.14. The SMILES string of the molecule is CNC(c1ccccc1)c1cnc[nH]1. The van der Waals surface area contributed by atoms with Crippen molar-refractivity contribution in [2.75, 3.05) is 7.05 Å². The summed E-state index contributed by atoms with van der Waals surface area (Å²) in [5, 5.41) is 3.25. The van der Waals surface area contributed by atoms with E-state index in [0.29, 0.717) is 0 Å². The van der Waals surface area contributed by atoms with Gasteiger partial charge in [-0.1, -0.05) is 30.3 Å². The molecule has 0 amide bonds. The van der Waals surface area contributed by atoms with E-state index in [9.17, 15) is 0 Å². The number of imidazole rings is 1. The Balaban J connectivity index is 2.31.